The Morgan fingerprint density at radius 2 is 2.00 bits per heavy atom. The molecule has 28 heavy (non-hydrogen) atoms. The number of nitrogens with zero attached hydrogens (tertiary/aromatic N) is 4. The highest BCUT2D eigenvalue weighted by Crippen LogP contribution is 2.27. The first-order chi connectivity index (χ1) is 12.9. The maximum atomic E-state index is 14.5. The van der Waals surface area contributed by atoms with Crippen LogP contribution in [0.15, 0.2) is 35.6 Å². The van der Waals surface area contributed by atoms with E-state index in [-0.39, 0.29) is 29.1 Å². The van der Waals surface area contributed by atoms with Crippen LogP contribution in [0.2, 0.25) is 0 Å². The van der Waals surface area contributed by atoms with Crippen molar-refractivity contribution in [2.75, 3.05) is 19.3 Å². The molecular weight excluding hydrogens is 409 g/mol. The van der Waals surface area contributed by atoms with Crippen LogP contribution in [-0.2, 0) is 9.84 Å². The first-order valence-corrected chi connectivity index (χ1v) is 10.4. The zero-order valence-corrected chi connectivity index (χ0v) is 16.6. The molecular formula is C17H19ClFN5O3S. The molecule has 0 saturated carbocycles. The Morgan fingerprint density at radius 1 is 1.25 bits per heavy atom. The minimum Gasteiger partial charge on any atom is -0.474 e. The SMILES string of the molecule is CS(=O)(=O)c1ccc(-n2ncc3c(OC4CCNCC4)ncnc32)c(F)c1.Cl. The fraction of sp³-hybridized carbons (Fsp3) is 0.353. The maximum Gasteiger partial charge on any atom is 0.228 e. The van der Waals surface area contributed by atoms with E-state index in [1.165, 1.54) is 29.3 Å². The van der Waals surface area contributed by atoms with Gasteiger partial charge in [0.15, 0.2) is 15.5 Å². The summed E-state index contributed by atoms with van der Waals surface area (Å²) in [4.78, 5) is 8.30. The average Bonchev–Trinajstić information content (AvgIpc) is 3.07. The van der Waals surface area contributed by atoms with Crippen molar-refractivity contribution in [2.24, 2.45) is 0 Å². The van der Waals surface area contributed by atoms with E-state index in [2.05, 4.69) is 20.4 Å². The van der Waals surface area contributed by atoms with Crippen LogP contribution in [0.3, 0.4) is 0 Å². The van der Waals surface area contributed by atoms with Crippen LogP contribution >= 0.6 is 12.4 Å². The van der Waals surface area contributed by atoms with Crippen molar-refractivity contribution in [1.82, 2.24) is 25.1 Å². The Balaban J connectivity index is 0.00000225. The second-order valence-corrected chi connectivity index (χ2v) is 8.44. The van der Waals surface area contributed by atoms with Gasteiger partial charge in [-0.3, -0.25) is 0 Å². The summed E-state index contributed by atoms with van der Waals surface area (Å²) in [7, 11) is -3.50. The van der Waals surface area contributed by atoms with Gasteiger partial charge in [-0.2, -0.15) is 5.10 Å². The molecule has 3 aromatic rings. The van der Waals surface area contributed by atoms with Crippen LogP contribution in [0.5, 0.6) is 5.88 Å². The van der Waals surface area contributed by atoms with E-state index in [0.717, 1.165) is 38.3 Å². The highest BCUT2D eigenvalue weighted by atomic mass is 35.5. The topological polar surface area (TPSA) is 99.0 Å². The lowest BCUT2D eigenvalue weighted by Crippen LogP contribution is -2.34. The van der Waals surface area contributed by atoms with Gasteiger partial charge in [0.25, 0.3) is 0 Å². The van der Waals surface area contributed by atoms with E-state index in [1.807, 2.05) is 0 Å². The van der Waals surface area contributed by atoms with Gasteiger partial charge in [-0.1, -0.05) is 0 Å². The van der Waals surface area contributed by atoms with E-state index in [4.69, 9.17) is 4.74 Å². The number of fused-ring (bicyclic) bond motifs is 1. The molecule has 0 radical (unpaired) electrons. The predicted molar refractivity (Wildman–Crippen MR) is 103 cm³/mol. The number of nitrogens with one attached hydrogen (secondary N) is 1. The van der Waals surface area contributed by atoms with Gasteiger partial charge in [-0.15, -0.1) is 12.4 Å². The zero-order valence-electron chi connectivity index (χ0n) is 15.0. The lowest BCUT2D eigenvalue weighted by Gasteiger charge is -2.23. The number of hydrogen-bond acceptors (Lipinski definition) is 7. The molecule has 0 unspecified atom stereocenters. The lowest BCUT2D eigenvalue weighted by atomic mass is 10.1. The molecule has 1 aromatic carbocycles. The first kappa shape index (κ1) is 20.4. The van der Waals surface area contributed by atoms with Crippen molar-refractivity contribution in [1.29, 1.82) is 0 Å². The number of aromatic nitrogens is 4. The monoisotopic (exact) mass is 427 g/mol. The number of ether oxygens (including phenoxy) is 1. The number of piperidine rings is 1. The Hall–Kier alpha value is -2.30. The molecule has 1 fully saturated rings. The Bertz CT molecular complexity index is 1100. The summed E-state index contributed by atoms with van der Waals surface area (Å²) in [5.74, 6) is -0.298. The van der Waals surface area contributed by atoms with Crippen molar-refractivity contribution in [3.63, 3.8) is 0 Å². The van der Waals surface area contributed by atoms with Crippen LogP contribution < -0.4 is 10.1 Å². The minimum atomic E-state index is -3.50. The van der Waals surface area contributed by atoms with Crippen LogP contribution in [0.4, 0.5) is 4.39 Å². The van der Waals surface area contributed by atoms with Gasteiger partial charge in [-0.05, 0) is 44.1 Å². The second-order valence-electron chi connectivity index (χ2n) is 6.43. The average molecular weight is 428 g/mol. The molecule has 0 amide bonds. The van der Waals surface area contributed by atoms with Gasteiger partial charge in [0.2, 0.25) is 5.88 Å². The molecule has 8 nitrogen and oxygen atoms in total. The van der Waals surface area contributed by atoms with Gasteiger partial charge in [0.05, 0.1) is 11.1 Å². The number of rotatable bonds is 4. The van der Waals surface area contributed by atoms with E-state index >= 15 is 0 Å². The molecule has 4 rings (SSSR count). The molecule has 2 aromatic heterocycles. The number of halogens is 2. The third-order valence-electron chi connectivity index (χ3n) is 4.47. The molecule has 0 spiro atoms. The van der Waals surface area contributed by atoms with E-state index in [0.29, 0.717) is 16.9 Å². The molecule has 11 heteroatoms. The van der Waals surface area contributed by atoms with Crippen molar-refractivity contribution < 1.29 is 17.5 Å². The number of hydrogen-bond donors (Lipinski definition) is 1. The Morgan fingerprint density at radius 3 is 2.68 bits per heavy atom. The number of sulfone groups is 1. The zero-order chi connectivity index (χ0) is 19.0. The van der Waals surface area contributed by atoms with Crippen molar-refractivity contribution in [3.8, 4) is 11.6 Å². The summed E-state index contributed by atoms with van der Waals surface area (Å²) in [5.41, 5.74) is 0.490. The normalized spacial score (nSPS) is 15.4. The fourth-order valence-electron chi connectivity index (χ4n) is 3.05. The highest BCUT2D eigenvalue weighted by molar-refractivity contribution is 7.90. The molecule has 1 saturated heterocycles. The summed E-state index contributed by atoms with van der Waals surface area (Å²) >= 11 is 0. The molecule has 1 aliphatic heterocycles. The van der Waals surface area contributed by atoms with E-state index < -0.39 is 15.7 Å². The summed E-state index contributed by atoms with van der Waals surface area (Å²) in [6.07, 6.45) is 5.71. The highest BCUT2D eigenvalue weighted by Gasteiger charge is 2.20. The Labute approximate surface area is 167 Å². The van der Waals surface area contributed by atoms with Crippen LogP contribution in [-0.4, -0.2) is 53.6 Å². The van der Waals surface area contributed by atoms with Crippen molar-refractivity contribution >= 4 is 33.3 Å². The predicted octanol–water partition coefficient (Wildman–Crippen LogP) is 1.91. The summed E-state index contributed by atoms with van der Waals surface area (Å²) < 4.78 is 45.0. The summed E-state index contributed by atoms with van der Waals surface area (Å²) in [6.45, 7) is 1.77. The largest absolute Gasteiger partial charge is 0.474 e. The second kappa shape index (κ2) is 7.98. The Kier molecular flexibility index (Phi) is 5.82. The third-order valence-corrected chi connectivity index (χ3v) is 5.58. The molecule has 150 valence electrons. The van der Waals surface area contributed by atoms with Crippen molar-refractivity contribution in [3.05, 3.63) is 36.5 Å². The smallest absolute Gasteiger partial charge is 0.228 e. The quantitative estimate of drug-likeness (QED) is 0.678. The molecule has 0 bridgehead atoms. The molecule has 1 N–H and O–H groups in total. The lowest BCUT2D eigenvalue weighted by molar-refractivity contribution is 0.158. The molecule has 3 heterocycles. The standard InChI is InChI=1S/C17H18FN5O3S.ClH/c1-27(24,25)12-2-3-15(14(18)8-12)23-16-13(9-22-23)17(21-10-20-16)26-11-4-6-19-7-5-11;/h2-3,8-11,19H,4-7H2,1H3;1H. The van der Waals surface area contributed by atoms with E-state index in [9.17, 15) is 12.8 Å². The molecule has 0 atom stereocenters. The maximum absolute atomic E-state index is 14.5. The first-order valence-electron chi connectivity index (χ1n) is 8.49. The fourth-order valence-corrected chi connectivity index (χ4v) is 3.69. The van der Waals surface area contributed by atoms with Crippen LogP contribution in [0.25, 0.3) is 16.7 Å². The van der Waals surface area contributed by atoms with Gasteiger partial charge in [0, 0.05) is 6.26 Å². The third kappa shape index (κ3) is 3.94. The van der Waals surface area contributed by atoms with Crippen molar-refractivity contribution in [2.45, 2.75) is 23.8 Å². The minimum absolute atomic E-state index is 0. The summed E-state index contributed by atoms with van der Waals surface area (Å²) in [6, 6.07) is 3.69. The van der Waals surface area contributed by atoms with Gasteiger partial charge in [-0.25, -0.2) is 27.5 Å². The van der Waals surface area contributed by atoms with Crippen LogP contribution in [0.1, 0.15) is 12.8 Å². The van der Waals surface area contributed by atoms with Crippen LogP contribution in [0, 0.1) is 5.82 Å². The van der Waals surface area contributed by atoms with Gasteiger partial charge >= 0.3 is 0 Å². The number of benzene rings is 1. The van der Waals surface area contributed by atoms with E-state index in [1.54, 1.807) is 0 Å². The van der Waals surface area contributed by atoms with Gasteiger partial charge < -0.3 is 10.1 Å². The molecule has 0 aliphatic carbocycles. The molecule has 1 aliphatic rings. The summed E-state index contributed by atoms with van der Waals surface area (Å²) in [5, 5.41) is 8.05. The van der Waals surface area contributed by atoms with Gasteiger partial charge in [0.1, 0.15) is 29.3 Å².